The molecule has 0 saturated heterocycles. The van der Waals surface area contributed by atoms with Gasteiger partial charge in [-0.25, -0.2) is 4.39 Å². The average molecular weight is 238 g/mol. The molecule has 0 radical (unpaired) electrons. The SMILES string of the molecule is CCC.CCc1ccc(F)c(OC2CCC2)c1. The van der Waals surface area contributed by atoms with Crippen molar-refractivity contribution in [2.24, 2.45) is 0 Å². The molecule has 0 atom stereocenters. The minimum Gasteiger partial charge on any atom is -0.487 e. The molecule has 0 heterocycles. The summed E-state index contributed by atoms with van der Waals surface area (Å²) in [5.41, 5.74) is 1.13. The van der Waals surface area contributed by atoms with Crippen molar-refractivity contribution >= 4 is 0 Å². The summed E-state index contributed by atoms with van der Waals surface area (Å²) in [5.74, 6) is 0.183. The van der Waals surface area contributed by atoms with Crippen LogP contribution in [-0.4, -0.2) is 6.10 Å². The number of hydrogen-bond donors (Lipinski definition) is 0. The standard InChI is InChI=1S/C12H15FO.C3H8/c1-2-9-6-7-11(13)12(8-9)14-10-4-3-5-10;1-3-2/h6-8,10H,2-5H2,1H3;3H2,1-2H3. The van der Waals surface area contributed by atoms with E-state index in [0.29, 0.717) is 5.75 Å². The van der Waals surface area contributed by atoms with Crippen molar-refractivity contribution in [2.45, 2.75) is 59.0 Å². The van der Waals surface area contributed by atoms with E-state index in [2.05, 4.69) is 20.8 Å². The molecule has 2 rings (SSSR count). The maximum Gasteiger partial charge on any atom is 0.165 e. The van der Waals surface area contributed by atoms with Crippen LogP contribution in [0.4, 0.5) is 4.39 Å². The zero-order chi connectivity index (χ0) is 12.7. The summed E-state index contributed by atoms with van der Waals surface area (Å²) in [7, 11) is 0. The van der Waals surface area contributed by atoms with Gasteiger partial charge < -0.3 is 4.74 Å². The molecule has 1 aliphatic carbocycles. The van der Waals surface area contributed by atoms with Crippen molar-refractivity contribution < 1.29 is 9.13 Å². The molecule has 17 heavy (non-hydrogen) atoms. The largest absolute Gasteiger partial charge is 0.487 e. The monoisotopic (exact) mass is 238 g/mol. The number of benzene rings is 1. The van der Waals surface area contributed by atoms with Gasteiger partial charge >= 0.3 is 0 Å². The van der Waals surface area contributed by atoms with Gasteiger partial charge in [-0.2, -0.15) is 0 Å². The van der Waals surface area contributed by atoms with Crippen LogP contribution in [0.15, 0.2) is 18.2 Å². The maximum atomic E-state index is 13.3. The van der Waals surface area contributed by atoms with Gasteiger partial charge in [-0.15, -0.1) is 0 Å². The molecule has 0 amide bonds. The third kappa shape index (κ3) is 4.37. The van der Waals surface area contributed by atoms with Gasteiger partial charge in [0.2, 0.25) is 0 Å². The fraction of sp³-hybridized carbons (Fsp3) is 0.600. The molecule has 1 aromatic carbocycles. The molecule has 0 spiro atoms. The van der Waals surface area contributed by atoms with Gasteiger partial charge in [0.1, 0.15) is 0 Å². The van der Waals surface area contributed by atoms with E-state index >= 15 is 0 Å². The van der Waals surface area contributed by atoms with Crippen LogP contribution in [0.2, 0.25) is 0 Å². The van der Waals surface area contributed by atoms with E-state index < -0.39 is 0 Å². The summed E-state index contributed by atoms with van der Waals surface area (Å²) in [5, 5.41) is 0. The Kier molecular flexibility index (Phi) is 6.03. The molecular weight excluding hydrogens is 215 g/mol. The van der Waals surface area contributed by atoms with Crippen LogP contribution in [0, 0.1) is 5.82 Å². The Morgan fingerprint density at radius 1 is 1.24 bits per heavy atom. The average Bonchev–Trinajstić information content (AvgIpc) is 2.27. The van der Waals surface area contributed by atoms with Crippen LogP contribution in [0.25, 0.3) is 0 Å². The topological polar surface area (TPSA) is 9.23 Å². The fourth-order valence-electron chi connectivity index (χ4n) is 1.53. The minimum atomic E-state index is -0.242. The van der Waals surface area contributed by atoms with Crippen molar-refractivity contribution in [3.05, 3.63) is 29.6 Å². The number of aryl methyl sites for hydroxylation is 1. The van der Waals surface area contributed by atoms with Crippen LogP contribution in [0.1, 0.15) is 52.0 Å². The Hall–Kier alpha value is -1.05. The second kappa shape index (κ2) is 7.31. The van der Waals surface area contributed by atoms with Gasteiger partial charge in [0.05, 0.1) is 6.10 Å². The molecule has 0 aliphatic heterocycles. The van der Waals surface area contributed by atoms with E-state index in [0.717, 1.165) is 24.8 Å². The first-order valence-corrected chi connectivity index (χ1v) is 6.66. The summed E-state index contributed by atoms with van der Waals surface area (Å²) in [6.07, 6.45) is 5.75. The molecule has 1 fully saturated rings. The predicted octanol–water partition coefficient (Wildman–Crippen LogP) is 4.74. The molecule has 0 aromatic heterocycles. The highest BCUT2D eigenvalue weighted by Crippen LogP contribution is 2.27. The molecule has 1 aliphatic rings. The Bertz CT molecular complexity index is 332. The summed E-state index contributed by atoms with van der Waals surface area (Å²) < 4.78 is 18.9. The Balaban J connectivity index is 0.000000437. The van der Waals surface area contributed by atoms with Gasteiger partial charge in [-0.05, 0) is 43.4 Å². The van der Waals surface area contributed by atoms with Crippen LogP contribution in [0.5, 0.6) is 5.75 Å². The molecular formula is C15H23FO. The highest BCUT2D eigenvalue weighted by molar-refractivity contribution is 5.30. The molecule has 96 valence electrons. The zero-order valence-corrected chi connectivity index (χ0v) is 11.1. The van der Waals surface area contributed by atoms with Crippen molar-refractivity contribution in [1.29, 1.82) is 0 Å². The third-order valence-corrected chi connectivity index (χ3v) is 2.75. The second-order valence-electron chi connectivity index (χ2n) is 4.50. The highest BCUT2D eigenvalue weighted by Gasteiger charge is 2.20. The van der Waals surface area contributed by atoms with E-state index in [1.54, 1.807) is 0 Å². The van der Waals surface area contributed by atoms with Crippen molar-refractivity contribution in [3.8, 4) is 5.75 Å². The van der Waals surface area contributed by atoms with E-state index in [-0.39, 0.29) is 11.9 Å². The number of ether oxygens (including phenoxy) is 1. The second-order valence-corrected chi connectivity index (χ2v) is 4.50. The normalized spacial score (nSPS) is 14.6. The summed E-state index contributed by atoms with van der Waals surface area (Å²) in [6, 6.07) is 5.11. The Labute approximate surface area is 104 Å². The van der Waals surface area contributed by atoms with E-state index in [9.17, 15) is 4.39 Å². The lowest BCUT2D eigenvalue weighted by molar-refractivity contribution is 0.115. The van der Waals surface area contributed by atoms with Gasteiger partial charge in [0.25, 0.3) is 0 Å². The highest BCUT2D eigenvalue weighted by atomic mass is 19.1. The van der Waals surface area contributed by atoms with E-state index in [1.807, 2.05) is 12.1 Å². The van der Waals surface area contributed by atoms with Crippen molar-refractivity contribution in [2.75, 3.05) is 0 Å². The molecule has 1 nitrogen and oxygen atoms in total. The van der Waals surface area contributed by atoms with Crippen LogP contribution >= 0.6 is 0 Å². The van der Waals surface area contributed by atoms with Gasteiger partial charge in [0, 0.05) is 0 Å². The number of halogens is 1. The van der Waals surface area contributed by atoms with Gasteiger partial charge in [-0.1, -0.05) is 33.3 Å². The summed E-state index contributed by atoms with van der Waals surface area (Å²) in [4.78, 5) is 0. The minimum absolute atomic E-state index is 0.242. The molecule has 0 N–H and O–H groups in total. The van der Waals surface area contributed by atoms with Crippen LogP contribution < -0.4 is 4.74 Å². The summed E-state index contributed by atoms with van der Waals surface area (Å²) >= 11 is 0. The molecule has 0 bridgehead atoms. The third-order valence-electron chi connectivity index (χ3n) is 2.75. The van der Waals surface area contributed by atoms with Crippen molar-refractivity contribution in [3.63, 3.8) is 0 Å². The first kappa shape index (κ1) is 14.0. The van der Waals surface area contributed by atoms with Crippen LogP contribution in [-0.2, 0) is 6.42 Å². The van der Waals surface area contributed by atoms with Gasteiger partial charge in [0.15, 0.2) is 11.6 Å². The first-order valence-electron chi connectivity index (χ1n) is 6.66. The Morgan fingerprint density at radius 3 is 2.35 bits per heavy atom. The van der Waals surface area contributed by atoms with Gasteiger partial charge in [-0.3, -0.25) is 0 Å². The first-order chi connectivity index (χ1) is 8.21. The quantitative estimate of drug-likeness (QED) is 0.739. The lowest BCUT2D eigenvalue weighted by Crippen LogP contribution is -2.25. The van der Waals surface area contributed by atoms with E-state index in [1.165, 1.54) is 18.9 Å². The zero-order valence-electron chi connectivity index (χ0n) is 11.1. The van der Waals surface area contributed by atoms with E-state index in [4.69, 9.17) is 4.74 Å². The lowest BCUT2D eigenvalue weighted by atomic mass is 9.96. The molecule has 2 heteroatoms. The number of rotatable bonds is 3. The smallest absolute Gasteiger partial charge is 0.165 e. The van der Waals surface area contributed by atoms with Crippen LogP contribution in [0.3, 0.4) is 0 Å². The maximum absolute atomic E-state index is 13.3. The lowest BCUT2D eigenvalue weighted by Gasteiger charge is -2.26. The van der Waals surface area contributed by atoms with Crippen molar-refractivity contribution in [1.82, 2.24) is 0 Å². The summed E-state index contributed by atoms with van der Waals surface area (Å²) in [6.45, 7) is 6.31. The molecule has 0 unspecified atom stereocenters. The Morgan fingerprint density at radius 2 is 1.88 bits per heavy atom. The molecule has 1 aromatic rings. The predicted molar refractivity (Wildman–Crippen MR) is 70.0 cm³/mol. The number of hydrogen-bond acceptors (Lipinski definition) is 1. The molecule has 1 saturated carbocycles. The fourth-order valence-corrected chi connectivity index (χ4v) is 1.53.